The standard InChI is InChI=1S/C12H14N4O/c1-3-9(2)12(17)10-6-4-5-7-11(10)16-14-8-13-15-16/h4-9H,3H2,1-2H3. The largest absolute Gasteiger partial charge is 0.294 e. The second-order valence-electron chi connectivity index (χ2n) is 3.92. The summed E-state index contributed by atoms with van der Waals surface area (Å²) in [5, 5.41) is 11.4. The summed E-state index contributed by atoms with van der Waals surface area (Å²) in [5.74, 6) is 0.111. The van der Waals surface area contributed by atoms with Crippen molar-refractivity contribution >= 4 is 5.78 Å². The molecular weight excluding hydrogens is 216 g/mol. The fourth-order valence-corrected chi connectivity index (χ4v) is 1.58. The lowest BCUT2D eigenvalue weighted by Crippen LogP contribution is -2.14. The Morgan fingerprint density at radius 3 is 2.82 bits per heavy atom. The minimum atomic E-state index is -0.000304. The first-order valence-corrected chi connectivity index (χ1v) is 5.60. The van der Waals surface area contributed by atoms with E-state index in [1.54, 1.807) is 6.07 Å². The van der Waals surface area contributed by atoms with E-state index in [0.29, 0.717) is 11.3 Å². The molecule has 1 atom stereocenters. The number of hydrogen-bond donors (Lipinski definition) is 0. The van der Waals surface area contributed by atoms with Crippen LogP contribution in [0.3, 0.4) is 0 Å². The van der Waals surface area contributed by atoms with Crippen molar-refractivity contribution < 1.29 is 4.79 Å². The molecule has 0 aliphatic carbocycles. The molecular formula is C12H14N4O. The number of aromatic nitrogens is 4. The molecule has 17 heavy (non-hydrogen) atoms. The molecule has 1 unspecified atom stereocenters. The molecule has 0 bridgehead atoms. The summed E-state index contributed by atoms with van der Waals surface area (Å²) < 4.78 is 0. The fourth-order valence-electron chi connectivity index (χ4n) is 1.58. The maximum atomic E-state index is 12.2. The summed E-state index contributed by atoms with van der Waals surface area (Å²) >= 11 is 0. The fraction of sp³-hybridized carbons (Fsp3) is 0.333. The van der Waals surface area contributed by atoms with Gasteiger partial charge in [-0.3, -0.25) is 4.79 Å². The van der Waals surface area contributed by atoms with Crippen molar-refractivity contribution in [1.29, 1.82) is 0 Å². The zero-order valence-electron chi connectivity index (χ0n) is 9.87. The highest BCUT2D eigenvalue weighted by Crippen LogP contribution is 2.18. The Morgan fingerprint density at radius 2 is 2.18 bits per heavy atom. The normalized spacial score (nSPS) is 12.4. The lowest BCUT2D eigenvalue weighted by Gasteiger charge is -2.10. The predicted molar refractivity (Wildman–Crippen MR) is 62.9 cm³/mol. The number of benzene rings is 1. The molecule has 0 aliphatic rings. The van der Waals surface area contributed by atoms with Crippen LogP contribution in [0, 0.1) is 5.92 Å². The molecule has 0 spiro atoms. The number of rotatable bonds is 4. The van der Waals surface area contributed by atoms with Crippen LogP contribution in [0.1, 0.15) is 30.6 Å². The first-order valence-electron chi connectivity index (χ1n) is 5.60. The molecule has 5 heteroatoms. The van der Waals surface area contributed by atoms with Crippen LogP contribution in [0.5, 0.6) is 0 Å². The van der Waals surface area contributed by atoms with Crippen molar-refractivity contribution in [3.63, 3.8) is 0 Å². The van der Waals surface area contributed by atoms with Gasteiger partial charge in [0.15, 0.2) is 12.1 Å². The van der Waals surface area contributed by atoms with Gasteiger partial charge in [0, 0.05) is 11.5 Å². The van der Waals surface area contributed by atoms with Gasteiger partial charge in [-0.2, -0.15) is 0 Å². The van der Waals surface area contributed by atoms with E-state index < -0.39 is 0 Å². The highest BCUT2D eigenvalue weighted by atomic mass is 16.1. The number of para-hydroxylation sites is 1. The Labute approximate surface area is 99.5 Å². The zero-order valence-corrected chi connectivity index (χ0v) is 9.87. The number of Topliss-reactive ketones (excluding diaryl/α,β-unsaturated/α-hetero) is 1. The second kappa shape index (κ2) is 4.86. The SMILES string of the molecule is CCC(C)C(=O)c1ccccc1-n1ncnn1. The van der Waals surface area contributed by atoms with Gasteiger partial charge in [0.2, 0.25) is 0 Å². The molecule has 0 saturated carbocycles. The van der Waals surface area contributed by atoms with Crippen LogP contribution in [0.15, 0.2) is 30.6 Å². The minimum Gasteiger partial charge on any atom is -0.294 e. The molecule has 2 aromatic rings. The van der Waals surface area contributed by atoms with Gasteiger partial charge in [-0.05, 0) is 23.8 Å². The number of tetrazole rings is 1. The smallest absolute Gasteiger partial charge is 0.167 e. The molecule has 2 rings (SSSR count). The van der Waals surface area contributed by atoms with Crippen LogP contribution in [0.4, 0.5) is 0 Å². The number of carbonyl (C=O) groups is 1. The summed E-state index contributed by atoms with van der Waals surface area (Å²) in [5.41, 5.74) is 1.31. The van der Waals surface area contributed by atoms with Crippen LogP contribution in [0.25, 0.3) is 5.69 Å². The van der Waals surface area contributed by atoms with E-state index in [2.05, 4.69) is 15.4 Å². The molecule has 1 aromatic heterocycles. The zero-order chi connectivity index (χ0) is 12.3. The van der Waals surface area contributed by atoms with Gasteiger partial charge in [0.1, 0.15) is 0 Å². The van der Waals surface area contributed by atoms with Gasteiger partial charge in [0.05, 0.1) is 5.69 Å². The minimum absolute atomic E-state index is 0.000304. The Kier molecular flexibility index (Phi) is 3.27. The average Bonchev–Trinajstić information content (AvgIpc) is 2.90. The molecule has 1 aromatic carbocycles. The van der Waals surface area contributed by atoms with Crippen molar-refractivity contribution in [2.75, 3.05) is 0 Å². The summed E-state index contributed by atoms with van der Waals surface area (Å²) in [4.78, 5) is 13.6. The van der Waals surface area contributed by atoms with Crippen LogP contribution in [-0.2, 0) is 0 Å². The predicted octanol–water partition coefficient (Wildman–Crippen LogP) is 1.89. The molecule has 0 radical (unpaired) electrons. The van der Waals surface area contributed by atoms with Crippen molar-refractivity contribution in [3.8, 4) is 5.69 Å². The highest BCUT2D eigenvalue weighted by molar-refractivity contribution is 6.00. The van der Waals surface area contributed by atoms with E-state index >= 15 is 0 Å². The maximum absolute atomic E-state index is 12.2. The molecule has 0 amide bonds. The third kappa shape index (κ3) is 2.22. The number of carbonyl (C=O) groups excluding carboxylic acids is 1. The third-order valence-electron chi connectivity index (χ3n) is 2.79. The first kappa shape index (κ1) is 11.4. The molecule has 0 fully saturated rings. The molecule has 1 heterocycles. The quantitative estimate of drug-likeness (QED) is 0.752. The Bertz CT molecular complexity index is 507. The van der Waals surface area contributed by atoms with Crippen LogP contribution in [0.2, 0.25) is 0 Å². The summed E-state index contributed by atoms with van der Waals surface area (Å²) in [7, 11) is 0. The molecule has 88 valence electrons. The van der Waals surface area contributed by atoms with Gasteiger partial charge in [-0.1, -0.05) is 26.0 Å². The third-order valence-corrected chi connectivity index (χ3v) is 2.79. The molecule has 0 N–H and O–H groups in total. The number of nitrogens with zero attached hydrogens (tertiary/aromatic N) is 4. The highest BCUT2D eigenvalue weighted by Gasteiger charge is 2.18. The van der Waals surface area contributed by atoms with Crippen LogP contribution in [-0.4, -0.2) is 26.0 Å². The van der Waals surface area contributed by atoms with Gasteiger partial charge in [-0.25, -0.2) is 0 Å². The van der Waals surface area contributed by atoms with Crippen molar-refractivity contribution in [2.24, 2.45) is 5.92 Å². The van der Waals surface area contributed by atoms with E-state index in [9.17, 15) is 4.79 Å². The van der Waals surface area contributed by atoms with E-state index in [1.165, 1.54) is 11.1 Å². The Morgan fingerprint density at radius 1 is 1.41 bits per heavy atom. The van der Waals surface area contributed by atoms with Crippen molar-refractivity contribution in [3.05, 3.63) is 36.2 Å². The average molecular weight is 230 g/mol. The van der Waals surface area contributed by atoms with E-state index in [1.807, 2.05) is 32.0 Å². The Balaban J connectivity index is 2.45. The van der Waals surface area contributed by atoms with Gasteiger partial charge >= 0.3 is 0 Å². The van der Waals surface area contributed by atoms with Gasteiger partial charge < -0.3 is 0 Å². The van der Waals surface area contributed by atoms with E-state index in [-0.39, 0.29) is 11.7 Å². The second-order valence-corrected chi connectivity index (χ2v) is 3.92. The van der Waals surface area contributed by atoms with E-state index in [0.717, 1.165) is 6.42 Å². The van der Waals surface area contributed by atoms with Crippen LogP contribution >= 0.6 is 0 Å². The van der Waals surface area contributed by atoms with Gasteiger partial charge in [-0.15, -0.1) is 15.0 Å². The molecule has 5 nitrogen and oxygen atoms in total. The van der Waals surface area contributed by atoms with Gasteiger partial charge in [0.25, 0.3) is 0 Å². The van der Waals surface area contributed by atoms with Crippen molar-refractivity contribution in [1.82, 2.24) is 20.2 Å². The Hall–Kier alpha value is -2.04. The lowest BCUT2D eigenvalue weighted by atomic mass is 9.96. The first-order chi connectivity index (χ1) is 8.24. The topological polar surface area (TPSA) is 60.7 Å². The number of hydrogen-bond acceptors (Lipinski definition) is 4. The van der Waals surface area contributed by atoms with Crippen LogP contribution < -0.4 is 0 Å². The number of ketones is 1. The lowest BCUT2D eigenvalue weighted by molar-refractivity contribution is 0.0927. The maximum Gasteiger partial charge on any atom is 0.167 e. The molecule has 0 saturated heterocycles. The monoisotopic (exact) mass is 230 g/mol. The summed E-state index contributed by atoms with van der Waals surface area (Å²) in [6.45, 7) is 3.92. The molecule has 0 aliphatic heterocycles. The summed E-state index contributed by atoms with van der Waals surface area (Å²) in [6, 6.07) is 7.31. The summed E-state index contributed by atoms with van der Waals surface area (Å²) in [6.07, 6.45) is 2.17. The van der Waals surface area contributed by atoms with Crippen molar-refractivity contribution in [2.45, 2.75) is 20.3 Å². The van der Waals surface area contributed by atoms with E-state index in [4.69, 9.17) is 0 Å².